The number of benzene rings is 2. The fourth-order valence-corrected chi connectivity index (χ4v) is 7.41. The van der Waals surface area contributed by atoms with E-state index in [-0.39, 0.29) is 0 Å². The molecular weight excluding hydrogens is 693 g/mol. The molecule has 4 heteroatoms. The van der Waals surface area contributed by atoms with Gasteiger partial charge in [0.05, 0.1) is 12.0 Å². The van der Waals surface area contributed by atoms with Crippen LogP contribution >= 0.6 is 0 Å². The highest BCUT2D eigenvalue weighted by molar-refractivity contribution is 6.14. The lowest BCUT2D eigenvalue weighted by Gasteiger charge is -2.37. The zero-order valence-electron chi connectivity index (χ0n) is 35.2. The summed E-state index contributed by atoms with van der Waals surface area (Å²) in [5.41, 5.74) is 11.8. The maximum absolute atomic E-state index is 5.08. The molecule has 0 saturated carbocycles. The van der Waals surface area contributed by atoms with E-state index in [2.05, 4.69) is 141 Å². The van der Waals surface area contributed by atoms with E-state index in [4.69, 9.17) is 15.0 Å². The second-order valence-electron chi connectivity index (χ2n) is 13.1. The van der Waals surface area contributed by atoms with Crippen LogP contribution in [0.25, 0.3) is 16.7 Å². The molecular formula is C53H60N4. The van der Waals surface area contributed by atoms with Crippen LogP contribution in [-0.4, -0.2) is 30.6 Å². The molecule has 4 aliphatic rings. The largest absolute Gasteiger partial charge is 0.264 e. The first-order valence-electron chi connectivity index (χ1n) is 20.5. The molecule has 6 rings (SSSR count). The Hall–Kier alpha value is -6.00. The summed E-state index contributed by atoms with van der Waals surface area (Å²) in [6.07, 6.45) is 41.9. The molecule has 0 saturated heterocycles. The Morgan fingerprint density at radius 2 is 1.54 bits per heavy atom. The smallest absolute Gasteiger partial charge is 0.160 e. The molecule has 0 fully saturated rings. The van der Waals surface area contributed by atoms with Crippen LogP contribution in [0.15, 0.2) is 201 Å². The van der Waals surface area contributed by atoms with E-state index >= 15 is 0 Å². The molecule has 0 N–H and O–H groups in total. The van der Waals surface area contributed by atoms with Crippen LogP contribution in [0.4, 0.5) is 0 Å². The molecule has 3 aliphatic carbocycles. The molecule has 2 aromatic carbocycles. The Balaban J connectivity index is 0.00000174. The highest BCUT2D eigenvalue weighted by Crippen LogP contribution is 2.55. The molecule has 0 radical (unpaired) electrons. The molecule has 1 aliphatic heterocycles. The minimum atomic E-state index is -0.513. The van der Waals surface area contributed by atoms with Crippen molar-refractivity contribution in [2.75, 3.05) is 6.54 Å². The number of amidine groups is 2. The third-order valence-corrected chi connectivity index (χ3v) is 9.92. The van der Waals surface area contributed by atoms with E-state index < -0.39 is 5.41 Å². The monoisotopic (exact) mass is 752 g/mol. The van der Waals surface area contributed by atoms with Crippen LogP contribution in [0.2, 0.25) is 0 Å². The summed E-state index contributed by atoms with van der Waals surface area (Å²) in [5, 5.41) is 0. The predicted molar refractivity (Wildman–Crippen MR) is 253 cm³/mol. The van der Waals surface area contributed by atoms with Crippen molar-refractivity contribution >= 4 is 29.7 Å². The van der Waals surface area contributed by atoms with E-state index in [1.165, 1.54) is 22.3 Å². The minimum Gasteiger partial charge on any atom is -0.264 e. The molecule has 0 aromatic heterocycles. The lowest BCUT2D eigenvalue weighted by Crippen LogP contribution is -2.38. The molecule has 0 amide bonds. The Labute approximate surface area is 343 Å². The Bertz CT molecular complexity index is 2190. The van der Waals surface area contributed by atoms with Crippen molar-refractivity contribution in [3.8, 4) is 11.1 Å². The average molecular weight is 753 g/mol. The van der Waals surface area contributed by atoms with Gasteiger partial charge < -0.3 is 0 Å². The van der Waals surface area contributed by atoms with Crippen LogP contribution in [0.5, 0.6) is 0 Å². The summed E-state index contributed by atoms with van der Waals surface area (Å²) >= 11 is 0. The van der Waals surface area contributed by atoms with E-state index in [0.717, 1.165) is 64.8 Å². The summed E-state index contributed by atoms with van der Waals surface area (Å²) in [4.78, 5) is 19.4. The lowest BCUT2D eigenvalue weighted by molar-refractivity contribution is 0.804. The van der Waals surface area contributed by atoms with Gasteiger partial charge in [0.15, 0.2) is 11.7 Å². The zero-order chi connectivity index (χ0) is 41.0. The van der Waals surface area contributed by atoms with Crippen LogP contribution < -0.4 is 0 Å². The standard InChI is InChI=1S/C49H48N4.2C2H6/c1-6-20-36(8-3)35-52-48(53-47(50-5)38-22-14-10-11-15-23-38)39-29-27-37(28-30-39)40-31-32-45-43(34-40)42(9-4)44(21-7-2)49(45,46-26-18-19-33-51-46)41-24-16-12-13-17-25-41;2*1-2/h6-10,12,14-17,19-25,27-34H,4-5,11,13,18,26,35H2,1-3H3;2*1-2H3/b20-6-,21-7-,36-8+,52-48?,53-47?;;. The summed E-state index contributed by atoms with van der Waals surface area (Å²) in [6.45, 7) is 22.8. The number of allylic oxidation sites excluding steroid dienone is 18. The van der Waals surface area contributed by atoms with Crippen molar-refractivity contribution in [3.05, 3.63) is 198 Å². The van der Waals surface area contributed by atoms with Gasteiger partial charge in [-0.2, -0.15) is 0 Å². The van der Waals surface area contributed by atoms with Gasteiger partial charge in [0.1, 0.15) is 0 Å². The highest BCUT2D eigenvalue weighted by atomic mass is 15.0. The van der Waals surface area contributed by atoms with Gasteiger partial charge in [-0.25, -0.2) is 9.98 Å². The number of aliphatic imine (C=N–C) groups is 4. The fraction of sp³-hybridized carbons (Fsp3) is 0.245. The Morgan fingerprint density at radius 1 is 0.825 bits per heavy atom. The number of hydrogen-bond acceptors (Lipinski definition) is 2. The minimum absolute atomic E-state index is 0.501. The molecule has 57 heavy (non-hydrogen) atoms. The van der Waals surface area contributed by atoms with Crippen molar-refractivity contribution in [1.29, 1.82) is 0 Å². The zero-order valence-corrected chi connectivity index (χ0v) is 35.2. The van der Waals surface area contributed by atoms with Crippen molar-refractivity contribution in [3.63, 3.8) is 0 Å². The number of hydrogen-bond donors (Lipinski definition) is 0. The molecule has 0 spiro atoms. The third kappa shape index (κ3) is 9.88. The van der Waals surface area contributed by atoms with Crippen LogP contribution in [0.1, 0.15) is 90.8 Å². The summed E-state index contributed by atoms with van der Waals surface area (Å²) in [5.74, 6) is 1.15. The van der Waals surface area contributed by atoms with E-state index in [1.54, 1.807) is 0 Å². The maximum atomic E-state index is 5.08. The topological polar surface area (TPSA) is 49.4 Å². The maximum Gasteiger partial charge on any atom is 0.160 e. The molecule has 0 bridgehead atoms. The number of nitrogens with zero attached hydrogens (tertiary/aromatic N) is 4. The SMILES string of the molecule is C=CC1=C(/C=C\C)C(C2=CC=CCC=C2)(C2=NC=CCC2)c2ccc(-c3ccc(C(N=C(N=C)C4=CC=CCC=C4)=NCC(/C=C\C)=C/C)cc3)cc21.CC.CC. The van der Waals surface area contributed by atoms with Gasteiger partial charge >= 0.3 is 0 Å². The number of fused-ring (bicyclic) bond motifs is 1. The van der Waals surface area contributed by atoms with Gasteiger partial charge in [0.25, 0.3) is 0 Å². The van der Waals surface area contributed by atoms with Crippen molar-refractivity contribution < 1.29 is 0 Å². The van der Waals surface area contributed by atoms with Gasteiger partial charge in [-0.05, 0) is 104 Å². The Kier molecular flexibility index (Phi) is 17.3. The summed E-state index contributed by atoms with van der Waals surface area (Å²) in [6, 6.07) is 15.4. The summed E-state index contributed by atoms with van der Waals surface area (Å²) < 4.78 is 0. The molecule has 2 aromatic rings. The molecule has 4 nitrogen and oxygen atoms in total. The van der Waals surface area contributed by atoms with Crippen LogP contribution in [-0.2, 0) is 5.41 Å². The van der Waals surface area contributed by atoms with Crippen LogP contribution in [0, 0.1) is 0 Å². The van der Waals surface area contributed by atoms with Crippen molar-refractivity contribution in [1.82, 2.24) is 0 Å². The van der Waals surface area contributed by atoms with Crippen molar-refractivity contribution in [2.45, 2.75) is 79.6 Å². The van der Waals surface area contributed by atoms with Gasteiger partial charge in [0.2, 0.25) is 0 Å². The number of rotatable bonds is 10. The normalized spacial score (nSPS) is 19.2. The molecule has 1 heterocycles. The average Bonchev–Trinajstić information content (AvgIpc) is 3.58. The third-order valence-electron chi connectivity index (χ3n) is 9.92. The first-order chi connectivity index (χ1) is 28.1. The van der Waals surface area contributed by atoms with E-state index in [9.17, 15) is 0 Å². The molecule has 292 valence electrons. The first kappa shape index (κ1) is 43.7. The lowest BCUT2D eigenvalue weighted by atomic mass is 9.65. The second kappa shape index (κ2) is 22.5. The van der Waals surface area contributed by atoms with Crippen LogP contribution in [0.3, 0.4) is 0 Å². The Morgan fingerprint density at radius 3 is 2.19 bits per heavy atom. The van der Waals surface area contributed by atoms with Gasteiger partial charge in [-0.1, -0.05) is 174 Å². The van der Waals surface area contributed by atoms with Gasteiger partial charge in [-0.3, -0.25) is 9.98 Å². The van der Waals surface area contributed by atoms with E-state index in [1.807, 2.05) is 78.1 Å². The van der Waals surface area contributed by atoms with Gasteiger partial charge in [-0.15, -0.1) is 0 Å². The van der Waals surface area contributed by atoms with Crippen molar-refractivity contribution in [2.24, 2.45) is 20.0 Å². The fourth-order valence-electron chi connectivity index (χ4n) is 7.41. The quantitative estimate of drug-likeness (QED) is 0.132. The highest BCUT2D eigenvalue weighted by Gasteiger charge is 2.49. The predicted octanol–water partition coefficient (Wildman–Crippen LogP) is 14.2. The van der Waals surface area contributed by atoms with Gasteiger partial charge in [0, 0.05) is 23.0 Å². The molecule has 1 unspecified atom stereocenters. The first-order valence-corrected chi connectivity index (χ1v) is 20.5. The molecule has 1 atom stereocenters. The van der Waals surface area contributed by atoms with E-state index in [0.29, 0.717) is 18.2 Å². The second-order valence-corrected chi connectivity index (χ2v) is 13.1. The summed E-state index contributed by atoms with van der Waals surface area (Å²) in [7, 11) is 0.